The van der Waals surface area contributed by atoms with Gasteiger partial charge in [-0.3, -0.25) is 13.9 Å². The molecule has 0 bridgehead atoms. The van der Waals surface area contributed by atoms with Crippen molar-refractivity contribution in [1.82, 2.24) is 9.13 Å². The van der Waals surface area contributed by atoms with Gasteiger partial charge in [0.25, 0.3) is 5.91 Å². The van der Waals surface area contributed by atoms with Crippen molar-refractivity contribution in [3.8, 4) is 5.75 Å². The molecule has 0 aliphatic carbocycles. The quantitative estimate of drug-likeness (QED) is 0.806. The number of fused-ring (bicyclic) bond motifs is 1. The van der Waals surface area contributed by atoms with E-state index in [9.17, 15) is 9.59 Å². The number of ether oxygens (including phenoxy) is 1. The first kappa shape index (κ1) is 14.9. The van der Waals surface area contributed by atoms with Gasteiger partial charge in [0.05, 0.1) is 23.8 Å². The Morgan fingerprint density at radius 2 is 1.65 bits per heavy atom. The summed E-state index contributed by atoms with van der Waals surface area (Å²) in [5.41, 5.74) is 2.41. The molecule has 2 aromatic carbocycles. The number of methoxy groups -OCH3 is 1. The highest BCUT2D eigenvalue weighted by Gasteiger charge is 2.15. The first-order chi connectivity index (χ1) is 11.0. The largest absolute Gasteiger partial charge is 0.494 e. The Labute approximate surface area is 132 Å². The van der Waals surface area contributed by atoms with Crippen LogP contribution >= 0.6 is 0 Å². The SMILES string of the molecule is COc1cc2c(cc1NC(=O)c1ccccc1)n(C)c(=O)n2C. The lowest BCUT2D eigenvalue weighted by Crippen LogP contribution is -2.19. The number of hydrogen-bond donors (Lipinski definition) is 1. The molecule has 1 amide bonds. The summed E-state index contributed by atoms with van der Waals surface area (Å²) in [5.74, 6) is 0.271. The van der Waals surface area contributed by atoms with Gasteiger partial charge in [0.1, 0.15) is 5.75 Å². The highest BCUT2D eigenvalue weighted by molar-refractivity contribution is 6.06. The zero-order valence-electron chi connectivity index (χ0n) is 13.2. The van der Waals surface area contributed by atoms with Crippen LogP contribution in [0.15, 0.2) is 47.3 Å². The average Bonchev–Trinajstić information content (AvgIpc) is 2.79. The molecule has 0 aliphatic rings. The van der Waals surface area contributed by atoms with E-state index < -0.39 is 0 Å². The first-order valence-corrected chi connectivity index (χ1v) is 7.12. The minimum absolute atomic E-state index is 0.131. The van der Waals surface area contributed by atoms with Gasteiger partial charge in [-0.05, 0) is 18.2 Å². The van der Waals surface area contributed by atoms with Crippen LogP contribution in [-0.4, -0.2) is 22.2 Å². The van der Waals surface area contributed by atoms with Crippen LogP contribution < -0.4 is 15.7 Å². The van der Waals surface area contributed by atoms with Gasteiger partial charge in [-0.1, -0.05) is 18.2 Å². The van der Waals surface area contributed by atoms with Crippen LogP contribution in [0.3, 0.4) is 0 Å². The number of aromatic nitrogens is 2. The van der Waals surface area contributed by atoms with Gasteiger partial charge in [-0.15, -0.1) is 0 Å². The fourth-order valence-corrected chi connectivity index (χ4v) is 2.58. The van der Waals surface area contributed by atoms with Crippen molar-refractivity contribution in [3.63, 3.8) is 0 Å². The molecule has 0 radical (unpaired) electrons. The standard InChI is InChI=1S/C17H17N3O3/c1-19-13-9-12(18-16(21)11-7-5-4-6-8-11)15(23-3)10-14(13)20(2)17(19)22/h4-10H,1-3H3,(H,18,21). The van der Waals surface area contributed by atoms with Gasteiger partial charge < -0.3 is 10.1 Å². The van der Waals surface area contributed by atoms with E-state index in [1.54, 1.807) is 55.1 Å². The zero-order chi connectivity index (χ0) is 16.6. The second-order valence-corrected chi connectivity index (χ2v) is 5.26. The molecule has 6 nitrogen and oxygen atoms in total. The Morgan fingerprint density at radius 1 is 1.04 bits per heavy atom. The smallest absolute Gasteiger partial charge is 0.328 e. The Kier molecular flexibility index (Phi) is 3.65. The summed E-state index contributed by atoms with van der Waals surface area (Å²) >= 11 is 0. The fraction of sp³-hybridized carbons (Fsp3) is 0.176. The lowest BCUT2D eigenvalue weighted by atomic mass is 10.2. The number of hydrogen-bond acceptors (Lipinski definition) is 3. The molecule has 0 aliphatic heterocycles. The van der Waals surface area contributed by atoms with Gasteiger partial charge in [0.2, 0.25) is 0 Å². The number of nitrogens with one attached hydrogen (secondary N) is 1. The van der Waals surface area contributed by atoms with E-state index in [0.717, 1.165) is 11.0 Å². The van der Waals surface area contributed by atoms with E-state index in [4.69, 9.17) is 4.74 Å². The normalized spacial score (nSPS) is 10.7. The van der Waals surface area contributed by atoms with Crippen molar-refractivity contribution in [1.29, 1.82) is 0 Å². The predicted octanol–water partition coefficient (Wildman–Crippen LogP) is 2.14. The molecule has 0 unspecified atom stereocenters. The van der Waals surface area contributed by atoms with Crippen LogP contribution in [-0.2, 0) is 14.1 Å². The minimum atomic E-state index is -0.232. The van der Waals surface area contributed by atoms with E-state index in [1.165, 1.54) is 11.7 Å². The monoisotopic (exact) mass is 311 g/mol. The molecule has 6 heteroatoms. The molecule has 3 rings (SSSR count). The van der Waals surface area contributed by atoms with Crippen molar-refractivity contribution in [2.24, 2.45) is 14.1 Å². The fourth-order valence-electron chi connectivity index (χ4n) is 2.58. The van der Waals surface area contributed by atoms with Gasteiger partial charge >= 0.3 is 5.69 Å². The van der Waals surface area contributed by atoms with Crippen molar-refractivity contribution in [2.75, 3.05) is 12.4 Å². The number of rotatable bonds is 3. The molecule has 0 saturated carbocycles. The first-order valence-electron chi connectivity index (χ1n) is 7.12. The molecule has 1 aromatic heterocycles. The Hall–Kier alpha value is -3.02. The maximum atomic E-state index is 12.3. The molecule has 118 valence electrons. The van der Waals surface area contributed by atoms with Crippen LogP contribution in [0.4, 0.5) is 5.69 Å². The third-order valence-electron chi connectivity index (χ3n) is 3.88. The zero-order valence-corrected chi connectivity index (χ0v) is 13.2. The molecule has 3 aromatic rings. The van der Waals surface area contributed by atoms with E-state index in [1.807, 2.05) is 6.07 Å². The molecule has 1 heterocycles. The summed E-state index contributed by atoms with van der Waals surface area (Å²) in [7, 11) is 4.92. The van der Waals surface area contributed by atoms with Crippen molar-refractivity contribution in [3.05, 3.63) is 58.5 Å². The molecular formula is C17H17N3O3. The van der Waals surface area contributed by atoms with Crippen molar-refractivity contribution in [2.45, 2.75) is 0 Å². The van der Waals surface area contributed by atoms with Crippen molar-refractivity contribution < 1.29 is 9.53 Å². The molecular weight excluding hydrogens is 294 g/mol. The summed E-state index contributed by atoms with van der Waals surface area (Å²) in [6.45, 7) is 0. The highest BCUT2D eigenvalue weighted by Crippen LogP contribution is 2.30. The van der Waals surface area contributed by atoms with Gasteiger partial charge in [-0.25, -0.2) is 4.79 Å². The Bertz CT molecular complexity index is 939. The second-order valence-electron chi connectivity index (χ2n) is 5.26. The molecule has 0 saturated heterocycles. The molecule has 0 spiro atoms. The van der Waals surface area contributed by atoms with Crippen LogP contribution in [0.25, 0.3) is 11.0 Å². The number of carbonyl (C=O) groups excluding carboxylic acids is 1. The van der Waals surface area contributed by atoms with E-state index in [-0.39, 0.29) is 11.6 Å². The number of carbonyl (C=O) groups is 1. The van der Waals surface area contributed by atoms with Crippen molar-refractivity contribution >= 4 is 22.6 Å². The van der Waals surface area contributed by atoms with Crippen LogP contribution in [0.5, 0.6) is 5.75 Å². The lowest BCUT2D eigenvalue weighted by Gasteiger charge is -2.11. The average molecular weight is 311 g/mol. The molecule has 0 atom stereocenters. The van der Waals surface area contributed by atoms with E-state index in [0.29, 0.717) is 17.0 Å². The number of aryl methyl sites for hydroxylation is 2. The van der Waals surface area contributed by atoms with E-state index in [2.05, 4.69) is 5.32 Å². The minimum Gasteiger partial charge on any atom is -0.494 e. The van der Waals surface area contributed by atoms with Gasteiger partial charge in [0.15, 0.2) is 0 Å². The summed E-state index contributed by atoms with van der Waals surface area (Å²) in [4.78, 5) is 24.4. The Balaban J connectivity index is 2.08. The summed E-state index contributed by atoms with van der Waals surface area (Å²) in [6, 6.07) is 12.4. The molecule has 1 N–H and O–H groups in total. The van der Waals surface area contributed by atoms with Crippen LogP contribution in [0.2, 0.25) is 0 Å². The maximum absolute atomic E-state index is 12.3. The molecule has 23 heavy (non-hydrogen) atoms. The highest BCUT2D eigenvalue weighted by atomic mass is 16.5. The third kappa shape index (κ3) is 2.48. The van der Waals surface area contributed by atoms with Crippen LogP contribution in [0, 0.1) is 0 Å². The number of anilines is 1. The topological polar surface area (TPSA) is 65.3 Å². The summed E-state index contributed by atoms with van der Waals surface area (Å²) < 4.78 is 8.43. The lowest BCUT2D eigenvalue weighted by molar-refractivity contribution is 0.102. The second kappa shape index (κ2) is 5.64. The number of benzene rings is 2. The Morgan fingerprint density at radius 3 is 2.26 bits per heavy atom. The number of imidazole rings is 1. The van der Waals surface area contributed by atoms with Gasteiger partial charge in [-0.2, -0.15) is 0 Å². The predicted molar refractivity (Wildman–Crippen MR) is 89.1 cm³/mol. The molecule has 0 fully saturated rings. The number of nitrogens with zero attached hydrogens (tertiary/aromatic N) is 2. The third-order valence-corrected chi connectivity index (χ3v) is 3.88. The number of amides is 1. The summed E-state index contributed by atoms with van der Waals surface area (Å²) in [5, 5.41) is 2.84. The van der Waals surface area contributed by atoms with Gasteiger partial charge in [0, 0.05) is 25.7 Å². The summed E-state index contributed by atoms with van der Waals surface area (Å²) in [6.07, 6.45) is 0. The maximum Gasteiger partial charge on any atom is 0.328 e. The van der Waals surface area contributed by atoms with E-state index >= 15 is 0 Å². The van der Waals surface area contributed by atoms with Crippen LogP contribution in [0.1, 0.15) is 10.4 Å².